The van der Waals surface area contributed by atoms with E-state index >= 15 is 0 Å². The highest BCUT2D eigenvalue weighted by Gasteiger charge is 2.24. The SMILES string of the molecule is OCC[C@@H]1CCCN1Cc1ccc2ccccc2n1. The van der Waals surface area contributed by atoms with Gasteiger partial charge in [-0.25, -0.2) is 0 Å². The van der Waals surface area contributed by atoms with Crippen molar-refractivity contribution in [3.63, 3.8) is 0 Å². The maximum absolute atomic E-state index is 9.11. The van der Waals surface area contributed by atoms with E-state index in [-0.39, 0.29) is 6.61 Å². The number of nitrogens with zero attached hydrogens (tertiary/aromatic N) is 2. The molecule has 1 N–H and O–H groups in total. The number of hydrogen-bond acceptors (Lipinski definition) is 3. The molecule has 100 valence electrons. The molecule has 1 fully saturated rings. The minimum absolute atomic E-state index is 0.284. The molecule has 0 amide bonds. The Balaban J connectivity index is 1.77. The molecule has 0 unspecified atom stereocenters. The highest BCUT2D eigenvalue weighted by molar-refractivity contribution is 5.78. The predicted molar refractivity (Wildman–Crippen MR) is 76.9 cm³/mol. The van der Waals surface area contributed by atoms with Crippen molar-refractivity contribution in [2.75, 3.05) is 13.2 Å². The predicted octanol–water partition coefficient (Wildman–Crippen LogP) is 2.58. The van der Waals surface area contributed by atoms with Crippen LogP contribution in [0.4, 0.5) is 0 Å². The van der Waals surface area contributed by atoms with Gasteiger partial charge < -0.3 is 5.11 Å². The van der Waals surface area contributed by atoms with Crippen LogP contribution in [0.3, 0.4) is 0 Å². The molecular formula is C16H20N2O. The van der Waals surface area contributed by atoms with E-state index in [1.807, 2.05) is 12.1 Å². The fourth-order valence-electron chi connectivity index (χ4n) is 2.98. The Kier molecular flexibility index (Phi) is 3.76. The smallest absolute Gasteiger partial charge is 0.0705 e. The first-order valence-corrected chi connectivity index (χ1v) is 7.06. The molecular weight excluding hydrogens is 236 g/mol. The van der Waals surface area contributed by atoms with Crippen molar-refractivity contribution in [2.24, 2.45) is 0 Å². The number of aliphatic hydroxyl groups excluding tert-OH is 1. The molecule has 0 spiro atoms. The molecule has 0 radical (unpaired) electrons. The number of pyridine rings is 1. The van der Waals surface area contributed by atoms with E-state index in [2.05, 4.69) is 29.2 Å². The first-order chi connectivity index (χ1) is 9.36. The highest BCUT2D eigenvalue weighted by atomic mass is 16.3. The summed E-state index contributed by atoms with van der Waals surface area (Å²) in [5.74, 6) is 0. The second-order valence-electron chi connectivity index (χ2n) is 5.27. The second kappa shape index (κ2) is 5.68. The summed E-state index contributed by atoms with van der Waals surface area (Å²) in [7, 11) is 0. The number of hydrogen-bond donors (Lipinski definition) is 1. The van der Waals surface area contributed by atoms with Crippen molar-refractivity contribution < 1.29 is 5.11 Å². The molecule has 0 bridgehead atoms. The number of likely N-dealkylation sites (tertiary alicyclic amines) is 1. The van der Waals surface area contributed by atoms with E-state index in [9.17, 15) is 0 Å². The third kappa shape index (κ3) is 2.77. The van der Waals surface area contributed by atoms with Gasteiger partial charge in [-0.1, -0.05) is 24.3 Å². The van der Waals surface area contributed by atoms with Crippen LogP contribution in [0.5, 0.6) is 0 Å². The summed E-state index contributed by atoms with van der Waals surface area (Å²) in [6, 6.07) is 13.0. The lowest BCUT2D eigenvalue weighted by Gasteiger charge is -2.23. The fourth-order valence-corrected chi connectivity index (χ4v) is 2.98. The van der Waals surface area contributed by atoms with Crippen LogP contribution < -0.4 is 0 Å². The topological polar surface area (TPSA) is 36.4 Å². The average Bonchev–Trinajstić information content (AvgIpc) is 2.86. The van der Waals surface area contributed by atoms with E-state index in [1.165, 1.54) is 18.2 Å². The first-order valence-electron chi connectivity index (χ1n) is 7.06. The van der Waals surface area contributed by atoms with Gasteiger partial charge in [0.25, 0.3) is 0 Å². The van der Waals surface area contributed by atoms with Crippen molar-refractivity contribution in [3.8, 4) is 0 Å². The van der Waals surface area contributed by atoms with E-state index < -0.39 is 0 Å². The zero-order chi connectivity index (χ0) is 13.1. The number of rotatable bonds is 4. The third-order valence-corrected chi connectivity index (χ3v) is 3.98. The Hall–Kier alpha value is -1.45. The fraction of sp³-hybridized carbons (Fsp3) is 0.438. The van der Waals surface area contributed by atoms with Crippen molar-refractivity contribution in [1.29, 1.82) is 0 Å². The van der Waals surface area contributed by atoms with Crippen LogP contribution in [-0.4, -0.2) is 34.2 Å². The summed E-state index contributed by atoms with van der Waals surface area (Å²) < 4.78 is 0. The largest absolute Gasteiger partial charge is 0.396 e. The summed E-state index contributed by atoms with van der Waals surface area (Å²) in [6.07, 6.45) is 3.32. The zero-order valence-electron chi connectivity index (χ0n) is 11.1. The highest BCUT2D eigenvalue weighted by Crippen LogP contribution is 2.22. The number of fused-ring (bicyclic) bond motifs is 1. The minimum atomic E-state index is 0.284. The quantitative estimate of drug-likeness (QED) is 0.913. The zero-order valence-corrected chi connectivity index (χ0v) is 11.1. The maximum Gasteiger partial charge on any atom is 0.0705 e. The maximum atomic E-state index is 9.11. The molecule has 1 aliphatic heterocycles. The average molecular weight is 256 g/mol. The molecule has 0 aliphatic carbocycles. The summed E-state index contributed by atoms with van der Waals surface area (Å²) in [5, 5.41) is 10.3. The van der Waals surface area contributed by atoms with Gasteiger partial charge in [0.05, 0.1) is 11.2 Å². The molecule has 19 heavy (non-hydrogen) atoms. The van der Waals surface area contributed by atoms with E-state index in [0.717, 1.165) is 30.7 Å². The van der Waals surface area contributed by atoms with Gasteiger partial charge in [0.15, 0.2) is 0 Å². The molecule has 3 heteroatoms. The van der Waals surface area contributed by atoms with Gasteiger partial charge in [0, 0.05) is 24.6 Å². The summed E-state index contributed by atoms with van der Waals surface area (Å²) in [6.45, 7) is 2.31. The molecule has 2 heterocycles. The van der Waals surface area contributed by atoms with Gasteiger partial charge in [-0.05, 0) is 37.9 Å². The number of aliphatic hydroxyl groups is 1. The molecule has 1 saturated heterocycles. The van der Waals surface area contributed by atoms with Gasteiger partial charge in [-0.2, -0.15) is 0 Å². The molecule has 1 aromatic carbocycles. The molecule has 3 nitrogen and oxygen atoms in total. The van der Waals surface area contributed by atoms with Crippen LogP contribution in [-0.2, 0) is 6.54 Å². The van der Waals surface area contributed by atoms with E-state index in [1.54, 1.807) is 0 Å². The number of benzene rings is 1. The Morgan fingerprint density at radius 1 is 1.21 bits per heavy atom. The second-order valence-corrected chi connectivity index (χ2v) is 5.27. The number of para-hydroxylation sites is 1. The van der Waals surface area contributed by atoms with Crippen molar-refractivity contribution >= 4 is 10.9 Å². The summed E-state index contributed by atoms with van der Waals surface area (Å²) >= 11 is 0. The standard InChI is InChI=1S/C16H20N2O/c19-11-9-15-5-3-10-18(15)12-14-8-7-13-4-1-2-6-16(13)17-14/h1-2,4,6-8,15,19H,3,5,9-12H2/t15-/m0/s1. The molecule has 1 aromatic heterocycles. The third-order valence-electron chi connectivity index (χ3n) is 3.98. The Morgan fingerprint density at radius 2 is 2.11 bits per heavy atom. The normalized spacial score (nSPS) is 20.2. The van der Waals surface area contributed by atoms with Gasteiger partial charge in [-0.3, -0.25) is 9.88 Å². The first kappa shape index (κ1) is 12.6. The van der Waals surface area contributed by atoms with Crippen LogP contribution in [0.1, 0.15) is 25.0 Å². The van der Waals surface area contributed by atoms with E-state index in [0.29, 0.717) is 6.04 Å². The van der Waals surface area contributed by atoms with Crippen LogP contribution in [0.25, 0.3) is 10.9 Å². The summed E-state index contributed by atoms with van der Waals surface area (Å²) in [5.41, 5.74) is 2.20. The van der Waals surface area contributed by atoms with Crippen LogP contribution in [0.2, 0.25) is 0 Å². The van der Waals surface area contributed by atoms with Crippen molar-refractivity contribution in [2.45, 2.75) is 31.8 Å². The minimum Gasteiger partial charge on any atom is -0.396 e. The van der Waals surface area contributed by atoms with Gasteiger partial charge in [-0.15, -0.1) is 0 Å². The monoisotopic (exact) mass is 256 g/mol. The Morgan fingerprint density at radius 3 is 3.00 bits per heavy atom. The van der Waals surface area contributed by atoms with Crippen molar-refractivity contribution in [3.05, 3.63) is 42.1 Å². The van der Waals surface area contributed by atoms with E-state index in [4.69, 9.17) is 10.1 Å². The van der Waals surface area contributed by atoms with Crippen molar-refractivity contribution in [1.82, 2.24) is 9.88 Å². The lowest BCUT2D eigenvalue weighted by molar-refractivity contribution is 0.188. The van der Waals surface area contributed by atoms with Gasteiger partial charge >= 0.3 is 0 Å². The Bertz CT molecular complexity index is 555. The molecule has 3 rings (SSSR count). The molecule has 1 atom stereocenters. The lowest BCUT2D eigenvalue weighted by atomic mass is 10.1. The van der Waals surface area contributed by atoms with Gasteiger partial charge in [0.2, 0.25) is 0 Å². The lowest BCUT2D eigenvalue weighted by Crippen LogP contribution is -2.29. The number of aromatic nitrogens is 1. The van der Waals surface area contributed by atoms with Crippen LogP contribution >= 0.6 is 0 Å². The van der Waals surface area contributed by atoms with Crippen LogP contribution in [0.15, 0.2) is 36.4 Å². The molecule has 0 saturated carbocycles. The van der Waals surface area contributed by atoms with Crippen LogP contribution in [0, 0.1) is 0 Å². The van der Waals surface area contributed by atoms with Gasteiger partial charge in [0.1, 0.15) is 0 Å². The molecule has 1 aliphatic rings. The molecule has 2 aromatic rings. The summed E-state index contributed by atoms with van der Waals surface area (Å²) in [4.78, 5) is 7.18. The Labute approximate surface area is 113 Å².